The molecule has 0 saturated carbocycles. The van der Waals surface area contributed by atoms with Crippen LogP contribution in [0.3, 0.4) is 0 Å². The van der Waals surface area contributed by atoms with Gasteiger partial charge in [-0.05, 0) is 49.4 Å². The summed E-state index contributed by atoms with van der Waals surface area (Å²) in [5.41, 5.74) is 2.98. The number of rotatable bonds is 12. The SMILES string of the molecule is C/C(=C1\C(=O)Nc2ccc(S(=O)(=O)N(CC(C)C)CC(O)C(Cc3ccccc3)NC(=O)OC3COC4OCCC34)cc21)N(C)C. The van der Waals surface area contributed by atoms with Gasteiger partial charge >= 0.3 is 6.09 Å². The molecule has 3 heterocycles. The number of amides is 2. The van der Waals surface area contributed by atoms with E-state index in [1.807, 2.05) is 58.3 Å². The van der Waals surface area contributed by atoms with Gasteiger partial charge in [-0.25, -0.2) is 13.2 Å². The minimum absolute atomic E-state index is 0.00112. The summed E-state index contributed by atoms with van der Waals surface area (Å²) in [5, 5.41) is 17.2. The first-order valence-corrected chi connectivity index (χ1v) is 17.1. The molecule has 13 heteroatoms. The van der Waals surface area contributed by atoms with Crippen LogP contribution < -0.4 is 10.6 Å². The molecule has 5 rings (SSSR count). The van der Waals surface area contributed by atoms with E-state index in [1.54, 1.807) is 17.9 Å². The van der Waals surface area contributed by atoms with Crippen LogP contribution in [0.25, 0.3) is 5.57 Å². The highest BCUT2D eigenvalue weighted by Crippen LogP contribution is 2.37. The average Bonchev–Trinajstić information content (AvgIpc) is 3.71. The van der Waals surface area contributed by atoms with Crippen molar-refractivity contribution >= 4 is 33.3 Å². The smallest absolute Gasteiger partial charge is 0.407 e. The molecule has 2 aromatic carbocycles. The van der Waals surface area contributed by atoms with Gasteiger partial charge in [0.2, 0.25) is 10.0 Å². The van der Waals surface area contributed by atoms with Crippen LogP contribution in [-0.4, -0.2) is 99.7 Å². The average molecular weight is 657 g/mol. The third kappa shape index (κ3) is 7.39. The number of carbonyl (C=O) groups is 2. The van der Waals surface area contributed by atoms with Crippen LogP contribution in [0.4, 0.5) is 10.5 Å². The second-order valence-corrected chi connectivity index (χ2v) is 14.6. The predicted molar refractivity (Wildman–Crippen MR) is 172 cm³/mol. The molecule has 46 heavy (non-hydrogen) atoms. The molecule has 3 N–H and O–H groups in total. The molecule has 2 fully saturated rings. The second kappa shape index (κ2) is 14.1. The van der Waals surface area contributed by atoms with Crippen molar-refractivity contribution in [1.29, 1.82) is 0 Å². The number of allylic oxidation sites excluding steroid dienone is 1. The molecule has 5 atom stereocenters. The maximum Gasteiger partial charge on any atom is 0.407 e. The monoisotopic (exact) mass is 656 g/mol. The first-order valence-electron chi connectivity index (χ1n) is 15.6. The summed E-state index contributed by atoms with van der Waals surface area (Å²) in [6.07, 6.45) is -1.90. The summed E-state index contributed by atoms with van der Waals surface area (Å²) in [4.78, 5) is 27.7. The minimum atomic E-state index is -4.14. The molecule has 3 aliphatic rings. The van der Waals surface area contributed by atoms with Crippen molar-refractivity contribution in [3.8, 4) is 0 Å². The Bertz CT molecular complexity index is 1560. The predicted octanol–water partition coefficient (Wildman–Crippen LogP) is 3.04. The number of alkyl carbamates (subject to hydrolysis) is 1. The second-order valence-electron chi connectivity index (χ2n) is 12.7. The molecule has 0 aliphatic carbocycles. The number of hydrogen-bond acceptors (Lipinski definition) is 9. The molecule has 2 amide bonds. The van der Waals surface area contributed by atoms with Gasteiger partial charge < -0.3 is 34.9 Å². The third-order valence-corrected chi connectivity index (χ3v) is 10.5. The number of benzene rings is 2. The van der Waals surface area contributed by atoms with Crippen molar-refractivity contribution in [3.63, 3.8) is 0 Å². The van der Waals surface area contributed by atoms with Gasteiger partial charge in [-0.15, -0.1) is 0 Å². The van der Waals surface area contributed by atoms with Gasteiger partial charge in [0.15, 0.2) is 6.29 Å². The van der Waals surface area contributed by atoms with E-state index in [1.165, 1.54) is 16.4 Å². The van der Waals surface area contributed by atoms with Crippen molar-refractivity contribution in [2.45, 2.75) is 63.0 Å². The maximum atomic E-state index is 14.2. The van der Waals surface area contributed by atoms with Gasteiger partial charge in [0.25, 0.3) is 5.91 Å². The number of aliphatic hydroxyl groups is 1. The van der Waals surface area contributed by atoms with Crippen molar-refractivity contribution in [2.75, 3.05) is 45.7 Å². The van der Waals surface area contributed by atoms with E-state index in [2.05, 4.69) is 10.6 Å². The highest BCUT2D eigenvalue weighted by Gasteiger charge is 2.44. The summed E-state index contributed by atoms with van der Waals surface area (Å²) in [6, 6.07) is 13.0. The van der Waals surface area contributed by atoms with E-state index < -0.39 is 34.4 Å². The molecule has 0 bridgehead atoms. The normalized spacial score (nSPS) is 23.1. The highest BCUT2D eigenvalue weighted by molar-refractivity contribution is 7.89. The van der Waals surface area contributed by atoms with E-state index in [0.717, 1.165) is 12.0 Å². The summed E-state index contributed by atoms with van der Waals surface area (Å²) < 4.78 is 46.4. The van der Waals surface area contributed by atoms with Gasteiger partial charge in [0.1, 0.15) is 6.10 Å². The Balaban J connectivity index is 1.39. The topological polar surface area (TPSA) is 147 Å². The molecule has 12 nitrogen and oxygen atoms in total. The van der Waals surface area contributed by atoms with Gasteiger partial charge in [-0.1, -0.05) is 44.2 Å². The molecule has 5 unspecified atom stereocenters. The minimum Gasteiger partial charge on any atom is -0.443 e. The lowest BCUT2D eigenvalue weighted by atomic mass is 10.0. The summed E-state index contributed by atoms with van der Waals surface area (Å²) in [7, 11) is -0.506. The van der Waals surface area contributed by atoms with Crippen LogP contribution in [0, 0.1) is 11.8 Å². The van der Waals surface area contributed by atoms with E-state index in [0.29, 0.717) is 29.1 Å². The first-order chi connectivity index (χ1) is 21.8. The lowest BCUT2D eigenvalue weighted by Crippen LogP contribution is -2.51. The molecule has 0 spiro atoms. The number of nitrogens with zero attached hydrogens (tertiary/aromatic N) is 2. The standard InChI is InChI=1S/C33H44N4O8S/c1-20(2)17-37(46(41,42)23-11-12-26-25(16-23)30(31(39)34-26)21(3)36(4)5)18-28(38)27(15-22-9-7-6-8-10-22)35-33(40)45-29-19-44-32-24(29)13-14-43-32/h6-12,16,20,24,27-29,32,38H,13-15,17-19H2,1-5H3,(H,34,39)(H,35,40)/b30-21+. The lowest BCUT2D eigenvalue weighted by Gasteiger charge is -2.31. The van der Waals surface area contributed by atoms with Crippen LogP contribution in [0.1, 0.15) is 38.3 Å². The van der Waals surface area contributed by atoms with E-state index in [9.17, 15) is 23.1 Å². The number of ether oxygens (including phenoxy) is 3. The number of fused-ring (bicyclic) bond motifs is 2. The Morgan fingerprint density at radius 2 is 1.87 bits per heavy atom. The Morgan fingerprint density at radius 3 is 2.57 bits per heavy atom. The van der Waals surface area contributed by atoms with Crippen LogP contribution in [0.5, 0.6) is 0 Å². The third-order valence-electron chi connectivity index (χ3n) is 8.68. The largest absolute Gasteiger partial charge is 0.443 e. The molecule has 0 radical (unpaired) electrons. The molecular formula is C33H44N4O8S. The number of nitrogens with one attached hydrogen (secondary N) is 2. The van der Waals surface area contributed by atoms with E-state index in [4.69, 9.17) is 14.2 Å². The van der Waals surface area contributed by atoms with Crippen LogP contribution >= 0.6 is 0 Å². The quantitative estimate of drug-likeness (QED) is 0.294. The van der Waals surface area contributed by atoms with Crippen molar-refractivity contribution in [1.82, 2.24) is 14.5 Å². The van der Waals surface area contributed by atoms with Gasteiger partial charge in [-0.2, -0.15) is 4.31 Å². The van der Waals surface area contributed by atoms with Gasteiger partial charge in [-0.3, -0.25) is 4.79 Å². The Labute approximate surface area is 270 Å². The van der Waals surface area contributed by atoms with Gasteiger partial charge in [0, 0.05) is 44.1 Å². The number of aliphatic hydroxyl groups excluding tert-OH is 1. The fourth-order valence-corrected chi connectivity index (χ4v) is 7.72. The number of carbonyl (C=O) groups excluding carboxylic acids is 2. The fraction of sp³-hybridized carbons (Fsp3) is 0.515. The zero-order valence-corrected chi connectivity index (χ0v) is 27.7. The van der Waals surface area contributed by atoms with Crippen molar-refractivity contribution < 1.29 is 37.3 Å². The molecule has 0 aromatic heterocycles. The Hall–Kier alpha value is -3.49. The lowest BCUT2D eigenvalue weighted by molar-refractivity contribution is -0.110. The fourth-order valence-electron chi connectivity index (χ4n) is 6.07. The van der Waals surface area contributed by atoms with Crippen molar-refractivity contribution in [2.24, 2.45) is 11.8 Å². The number of anilines is 1. The summed E-state index contributed by atoms with van der Waals surface area (Å²) in [6.45, 7) is 6.19. The van der Waals surface area contributed by atoms with Crippen LogP contribution in [0.2, 0.25) is 0 Å². The molecule has 250 valence electrons. The molecule has 3 aliphatic heterocycles. The zero-order valence-electron chi connectivity index (χ0n) is 26.9. The van der Waals surface area contributed by atoms with Crippen LogP contribution in [0.15, 0.2) is 59.1 Å². The number of sulfonamides is 1. The summed E-state index contributed by atoms with van der Waals surface area (Å²) in [5.74, 6) is -0.419. The highest BCUT2D eigenvalue weighted by atomic mass is 32.2. The van der Waals surface area contributed by atoms with E-state index in [-0.39, 0.29) is 55.0 Å². The number of hydrogen-bond donors (Lipinski definition) is 3. The maximum absolute atomic E-state index is 14.2. The van der Waals surface area contributed by atoms with Crippen LogP contribution in [-0.2, 0) is 35.4 Å². The Morgan fingerprint density at radius 1 is 1.13 bits per heavy atom. The molecule has 2 aromatic rings. The molecule has 2 saturated heterocycles. The van der Waals surface area contributed by atoms with Crippen molar-refractivity contribution in [3.05, 3.63) is 65.4 Å². The zero-order chi connectivity index (χ0) is 33.2. The summed E-state index contributed by atoms with van der Waals surface area (Å²) >= 11 is 0. The molecular weight excluding hydrogens is 612 g/mol. The van der Waals surface area contributed by atoms with Gasteiger partial charge in [0.05, 0.1) is 41.7 Å². The van der Waals surface area contributed by atoms with E-state index >= 15 is 0 Å². The Kier molecular flexibility index (Phi) is 10.4. The first kappa shape index (κ1) is 33.9.